The average molecular weight is 218 g/mol. The Balaban J connectivity index is 1.64. The molecule has 1 atom stereocenters. The van der Waals surface area contributed by atoms with Gasteiger partial charge in [-0.2, -0.15) is 0 Å². The first-order valence-corrected chi connectivity index (χ1v) is 6.77. The summed E-state index contributed by atoms with van der Waals surface area (Å²) in [6.45, 7) is 3.37. The van der Waals surface area contributed by atoms with E-state index in [0.29, 0.717) is 6.04 Å². The highest BCUT2D eigenvalue weighted by atomic mass is 14.9. The molecule has 0 aromatic carbocycles. The van der Waals surface area contributed by atoms with E-state index in [9.17, 15) is 0 Å². The van der Waals surface area contributed by atoms with Gasteiger partial charge in [-0.1, -0.05) is 49.5 Å². The van der Waals surface area contributed by atoms with Crippen molar-refractivity contribution in [1.82, 2.24) is 5.32 Å². The van der Waals surface area contributed by atoms with E-state index in [1.807, 2.05) is 0 Å². The lowest BCUT2D eigenvalue weighted by molar-refractivity contribution is 0.414. The normalized spacial score (nSPS) is 23.4. The fraction of sp³-hybridized carbons (Fsp3) is 0.667. The van der Waals surface area contributed by atoms with E-state index < -0.39 is 0 Å². The molecule has 2 rings (SSSR count). The van der Waals surface area contributed by atoms with E-state index >= 15 is 0 Å². The zero-order valence-electron chi connectivity index (χ0n) is 10.4. The van der Waals surface area contributed by atoms with Crippen molar-refractivity contribution in [3.63, 3.8) is 0 Å². The summed E-state index contributed by atoms with van der Waals surface area (Å²) >= 11 is 0. The summed E-state index contributed by atoms with van der Waals surface area (Å²) in [4.78, 5) is 0. The third-order valence-electron chi connectivity index (χ3n) is 3.78. The average Bonchev–Trinajstić information content (AvgIpc) is 2.81. The van der Waals surface area contributed by atoms with E-state index in [0.717, 1.165) is 18.9 Å². The van der Waals surface area contributed by atoms with Crippen LogP contribution in [0.25, 0.3) is 0 Å². The van der Waals surface area contributed by atoms with Crippen molar-refractivity contribution < 1.29 is 0 Å². The second-order valence-corrected chi connectivity index (χ2v) is 5.28. The maximum Gasteiger partial charge on any atom is 0.0173 e. The maximum absolute atomic E-state index is 3.65. The molecule has 16 heavy (non-hydrogen) atoms. The van der Waals surface area contributed by atoms with Gasteiger partial charge in [0.05, 0.1) is 0 Å². The van der Waals surface area contributed by atoms with E-state index in [4.69, 9.17) is 0 Å². The predicted molar refractivity (Wildman–Crippen MR) is 70.2 cm³/mol. The van der Waals surface area contributed by atoms with E-state index in [1.54, 1.807) is 0 Å². The van der Waals surface area contributed by atoms with Crippen molar-refractivity contribution in [2.75, 3.05) is 6.54 Å². The maximum atomic E-state index is 3.65. The summed E-state index contributed by atoms with van der Waals surface area (Å²) in [5.74, 6) is 0.992. The molecule has 1 fully saturated rings. The zero-order chi connectivity index (χ0) is 11.2. The Hall–Kier alpha value is -0.560. The van der Waals surface area contributed by atoms with Gasteiger partial charge in [-0.15, -0.1) is 0 Å². The van der Waals surface area contributed by atoms with Gasteiger partial charge in [-0.3, -0.25) is 0 Å². The van der Waals surface area contributed by atoms with Crippen molar-refractivity contribution in [3.8, 4) is 0 Å². The largest absolute Gasteiger partial charge is 0.311 e. The molecule has 1 N–H and O–H groups in total. The third kappa shape index (κ3) is 3.79. The molecule has 2 aliphatic carbocycles. The molecule has 1 nitrogen and oxygen atoms in total. The highest BCUT2D eigenvalue weighted by molar-refractivity contribution is 5.27. The zero-order valence-corrected chi connectivity index (χ0v) is 10.4. The predicted octanol–water partition coefficient (Wildman–Crippen LogP) is 3.64. The molecular formula is C15H24N. The molecular weight excluding hydrogens is 194 g/mol. The minimum Gasteiger partial charge on any atom is -0.311 e. The molecule has 0 aromatic heterocycles. The van der Waals surface area contributed by atoms with Gasteiger partial charge in [0.25, 0.3) is 0 Å². The fourth-order valence-corrected chi connectivity index (χ4v) is 2.81. The van der Waals surface area contributed by atoms with Crippen molar-refractivity contribution in [2.24, 2.45) is 5.92 Å². The Morgan fingerprint density at radius 1 is 1.38 bits per heavy atom. The Morgan fingerprint density at radius 2 is 2.19 bits per heavy atom. The number of hydrogen-bond donors (Lipinski definition) is 1. The van der Waals surface area contributed by atoms with Crippen LogP contribution in [0.2, 0.25) is 0 Å². The molecule has 0 aliphatic heterocycles. The molecule has 89 valence electrons. The SMILES string of the molecule is CC(CC1CCCC1)NCC1=CC=CC[CH]1. The van der Waals surface area contributed by atoms with E-state index in [2.05, 4.69) is 36.9 Å². The van der Waals surface area contributed by atoms with Crippen LogP contribution in [0.4, 0.5) is 0 Å². The van der Waals surface area contributed by atoms with Gasteiger partial charge in [-0.25, -0.2) is 0 Å². The molecule has 0 bridgehead atoms. The lowest BCUT2D eigenvalue weighted by atomic mass is 9.98. The van der Waals surface area contributed by atoms with Gasteiger partial charge in [0.15, 0.2) is 0 Å². The number of allylic oxidation sites excluding steroid dienone is 3. The van der Waals surface area contributed by atoms with Crippen LogP contribution in [0.3, 0.4) is 0 Å². The highest BCUT2D eigenvalue weighted by Crippen LogP contribution is 2.28. The Morgan fingerprint density at radius 3 is 2.88 bits per heavy atom. The molecule has 1 saturated carbocycles. The number of rotatable bonds is 5. The first-order chi connectivity index (χ1) is 7.84. The molecule has 0 heterocycles. The Bertz CT molecular complexity index is 259. The molecule has 1 radical (unpaired) electrons. The van der Waals surface area contributed by atoms with Gasteiger partial charge < -0.3 is 5.32 Å². The van der Waals surface area contributed by atoms with Gasteiger partial charge in [-0.05, 0) is 32.1 Å². The van der Waals surface area contributed by atoms with Crippen molar-refractivity contribution in [2.45, 2.75) is 51.5 Å². The second-order valence-electron chi connectivity index (χ2n) is 5.28. The van der Waals surface area contributed by atoms with Crippen LogP contribution in [0.5, 0.6) is 0 Å². The van der Waals surface area contributed by atoms with Crippen LogP contribution in [0.1, 0.15) is 45.4 Å². The first-order valence-electron chi connectivity index (χ1n) is 6.77. The quantitative estimate of drug-likeness (QED) is 0.743. The molecule has 0 saturated heterocycles. The summed E-state index contributed by atoms with van der Waals surface area (Å²) < 4.78 is 0. The summed E-state index contributed by atoms with van der Waals surface area (Å²) in [7, 11) is 0. The van der Waals surface area contributed by atoms with E-state index in [1.165, 1.54) is 37.7 Å². The number of nitrogens with one attached hydrogen (secondary N) is 1. The minimum absolute atomic E-state index is 0.670. The Kier molecular flexibility index (Phi) is 4.65. The molecule has 1 unspecified atom stereocenters. The van der Waals surface area contributed by atoms with Crippen LogP contribution in [-0.4, -0.2) is 12.6 Å². The summed E-state index contributed by atoms with van der Waals surface area (Å²) in [6, 6.07) is 0.670. The smallest absolute Gasteiger partial charge is 0.0173 e. The van der Waals surface area contributed by atoms with Crippen LogP contribution in [-0.2, 0) is 0 Å². The standard InChI is InChI=1S/C15H24N/c1-13(11-14-7-5-6-8-14)16-12-15-9-3-2-4-10-15/h2-3,9-10,13-14,16H,4-8,11-12H2,1H3. The second kappa shape index (κ2) is 6.24. The van der Waals surface area contributed by atoms with Crippen LogP contribution in [0, 0.1) is 12.3 Å². The lowest BCUT2D eigenvalue weighted by Gasteiger charge is -2.19. The highest BCUT2D eigenvalue weighted by Gasteiger charge is 2.17. The molecule has 1 heteroatoms. The molecule has 0 spiro atoms. The van der Waals surface area contributed by atoms with Gasteiger partial charge in [0.2, 0.25) is 0 Å². The fourth-order valence-electron chi connectivity index (χ4n) is 2.81. The van der Waals surface area contributed by atoms with Gasteiger partial charge >= 0.3 is 0 Å². The molecule has 0 aromatic rings. The topological polar surface area (TPSA) is 12.0 Å². The first kappa shape index (κ1) is 11.9. The minimum atomic E-state index is 0.670. The molecule has 0 amide bonds. The van der Waals surface area contributed by atoms with Crippen molar-refractivity contribution >= 4 is 0 Å². The monoisotopic (exact) mass is 218 g/mol. The van der Waals surface area contributed by atoms with Crippen LogP contribution >= 0.6 is 0 Å². The summed E-state index contributed by atoms with van der Waals surface area (Å²) in [5, 5.41) is 3.65. The molecule has 2 aliphatic rings. The van der Waals surface area contributed by atoms with Crippen LogP contribution < -0.4 is 5.32 Å². The van der Waals surface area contributed by atoms with Crippen LogP contribution in [0.15, 0.2) is 23.8 Å². The summed E-state index contributed by atoms with van der Waals surface area (Å²) in [5.41, 5.74) is 1.45. The summed E-state index contributed by atoms with van der Waals surface area (Å²) in [6.07, 6.45) is 17.2. The van der Waals surface area contributed by atoms with Gasteiger partial charge in [0.1, 0.15) is 0 Å². The number of hydrogen-bond acceptors (Lipinski definition) is 1. The third-order valence-corrected chi connectivity index (χ3v) is 3.78. The Labute approximate surface area is 100 Å². The lowest BCUT2D eigenvalue weighted by Crippen LogP contribution is -2.30. The van der Waals surface area contributed by atoms with Crippen molar-refractivity contribution in [3.05, 3.63) is 30.2 Å². The van der Waals surface area contributed by atoms with E-state index in [-0.39, 0.29) is 0 Å². The van der Waals surface area contributed by atoms with Crippen molar-refractivity contribution in [1.29, 1.82) is 0 Å². The van der Waals surface area contributed by atoms with Gasteiger partial charge in [0, 0.05) is 12.6 Å².